The number of esters is 1. The lowest BCUT2D eigenvalue weighted by molar-refractivity contribution is -0.299. The summed E-state index contributed by atoms with van der Waals surface area (Å²) in [6.07, 6.45) is 14.2. The number of methoxy groups -OCH3 is 1. The van der Waals surface area contributed by atoms with Crippen LogP contribution in [0.2, 0.25) is 0 Å². The Morgan fingerprint density at radius 2 is 1.85 bits per heavy atom. The summed E-state index contributed by atoms with van der Waals surface area (Å²) in [6, 6.07) is 0. The number of rotatable bonds is 6. The van der Waals surface area contributed by atoms with Crippen molar-refractivity contribution in [1.29, 1.82) is 0 Å². The smallest absolute Gasteiger partial charge is 0.316 e. The average Bonchev–Trinajstić information content (AvgIpc) is 3.45. The maximum atomic E-state index is 14.2. The molecule has 0 saturated carbocycles. The Morgan fingerprint density at radius 1 is 1.08 bits per heavy atom. The molecule has 6 rings (SSSR count). The van der Waals surface area contributed by atoms with Crippen LogP contribution in [0.1, 0.15) is 80.6 Å². The zero-order valence-corrected chi connectivity index (χ0v) is 32.8. The number of ether oxygens (including phenoxy) is 7. The molecule has 3 saturated heterocycles. The first-order valence-corrected chi connectivity index (χ1v) is 19.6. The highest BCUT2D eigenvalue weighted by atomic mass is 16.7. The normalized spacial score (nSPS) is 47.5. The van der Waals surface area contributed by atoms with E-state index in [9.17, 15) is 15.0 Å². The fourth-order valence-electron chi connectivity index (χ4n) is 9.37. The van der Waals surface area contributed by atoms with Crippen molar-refractivity contribution >= 4 is 5.97 Å². The molecule has 15 atom stereocenters. The minimum atomic E-state index is -1.79. The lowest BCUT2D eigenvalue weighted by Crippen LogP contribution is -2.58. The van der Waals surface area contributed by atoms with Gasteiger partial charge < -0.3 is 43.4 Å². The highest BCUT2D eigenvalue weighted by molar-refractivity contribution is 5.78. The molecule has 0 aromatic rings. The van der Waals surface area contributed by atoms with E-state index < -0.39 is 47.9 Å². The molecule has 1 aliphatic carbocycles. The molecule has 3 fully saturated rings. The van der Waals surface area contributed by atoms with E-state index in [-0.39, 0.29) is 60.8 Å². The first-order valence-electron chi connectivity index (χ1n) is 19.6. The number of aliphatic hydroxyl groups excluding tert-OH is 1. The summed E-state index contributed by atoms with van der Waals surface area (Å²) in [5, 5.41) is 23.5. The van der Waals surface area contributed by atoms with Crippen molar-refractivity contribution in [2.24, 2.45) is 29.6 Å². The van der Waals surface area contributed by atoms with Crippen LogP contribution in [0, 0.1) is 29.6 Å². The Bertz CT molecular complexity index is 1490. The Labute approximate surface area is 315 Å². The summed E-state index contributed by atoms with van der Waals surface area (Å²) in [7, 11) is 1.74. The van der Waals surface area contributed by atoms with Gasteiger partial charge in [-0.05, 0) is 62.3 Å². The molecule has 10 nitrogen and oxygen atoms in total. The molecule has 294 valence electrons. The molecule has 0 radical (unpaired) electrons. The predicted octanol–water partition coefficient (Wildman–Crippen LogP) is 6.28. The first kappa shape index (κ1) is 40.3. The van der Waals surface area contributed by atoms with E-state index in [0.29, 0.717) is 36.8 Å². The van der Waals surface area contributed by atoms with Crippen LogP contribution in [0.15, 0.2) is 71.9 Å². The SMILES string of the molecule is C=CC[C@H]1[C@H](C)O[C@@H](O[C@@H]2/C(C)=C/C[C@@H]3C[C@@H](C[C@]4(C=C[C@H](C)[C@@H](C(C)C)O4)O3)OC(=O)[C@@H]3C=C(C)[C@@H](O)[C@H]4OC/C(=C\C=C\[C@@H]2C)[C@]43O)C[C@@H]1OC. The lowest BCUT2D eigenvalue weighted by Gasteiger charge is -2.48. The minimum absolute atomic E-state index is 0.0345. The van der Waals surface area contributed by atoms with Gasteiger partial charge in [0.05, 0.1) is 37.1 Å². The Kier molecular flexibility index (Phi) is 12.4. The number of aliphatic hydroxyl groups is 2. The zero-order valence-electron chi connectivity index (χ0n) is 32.8. The van der Waals surface area contributed by atoms with Crippen LogP contribution in [0.4, 0.5) is 0 Å². The highest BCUT2D eigenvalue weighted by Gasteiger charge is 2.60. The molecule has 5 aliphatic heterocycles. The van der Waals surface area contributed by atoms with Crippen LogP contribution in [-0.2, 0) is 38.0 Å². The van der Waals surface area contributed by atoms with Crippen molar-refractivity contribution in [3.05, 3.63) is 71.9 Å². The maximum Gasteiger partial charge on any atom is 0.316 e. The molecular formula is C43H62O10. The van der Waals surface area contributed by atoms with E-state index in [1.54, 1.807) is 26.2 Å². The summed E-state index contributed by atoms with van der Waals surface area (Å²) >= 11 is 0. The molecule has 0 aromatic heterocycles. The molecule has 0 unspecified atom stereocenters. The fraction of sp³-hybridized carbons (Fsp3) is 0.698. The van der Waals surface area contributed by atoms with Crippen LogP contribution in [-0.4, -0.2) is 96.4 Å². The summed E-state index contributed by atoms with van der Waals surface area (Å²) < 4.78 is 45.2. The number of hydrogen-bond acceptors (Lipinski definition) is 10. The van der Waals surface area contributed by atoms with Crippen LogP contribution >= 0.6 is 0 Å². The van der Waals surface area contributed by atoms with Crippen LogP contribution in [0.5, 0.6) is 0 Å². The Hall–Kier alpha value is -2.41. The van der Waals surface area contributed by atoms with Gasteiger partial charge in [-0.2, -0.15) is 0 Å². The Balaban J connectivity index is 1.37. The summed E-state index contributed by atoms with van der Waals surface area (Å²) in [4.78, 5) is 14.2. The molecule has 2 bridgehead atoms. The number of carbonyl (C=O) groups excluding carboxylic acids is 1. The van der Waals surface area contributed by atoms with Gasteiger partial charge in [-0.3, -0.25) is 4.79 Å². The van der Waals surface area contributed by atoms with E-state index in [1.807, 2.05) is 24.3 Å². The van der Waals surface area contributed by atoms with E-state index >= 15 is 0 Å². The number of fused-ring (bicyclic) bond motifs is 2. The molecule has 1 spiro atoms. The number of hydrogen-bond donors (Lipinski definition) is 2. The van der Waals surface area contributed by atoms with Gasteiger partial charge in [0.2, 0.25) is 0 Å². The highest BCUT2D eigenvalue weighted by Crippen LogP contribution is 2.47. The second kappa shape index (κ2) is 16.4. The minimum Gasteiger partial charge on any atom is -0.462 e. The maximum absolute atomic E-state index is 14.2. The lowest BCUT2D eigenvalue weighted by atomic mass is 9.71. The van der Waals surface area contributed by atoms with Crippen molar-refractivity contribution in [3.63, 3.8) is 0 Å². The van der Waals surface area contributed by atoms with Gasteiger partial charge in [-0.1, -0.05) is 70.2 Å². The van der Waals surface area contributed by atoms with E-state index in [4.69, 9.17) is 33.2 Å². The molecule has 0 aromatic carbocycles. The largest absolute Gasteiger partial charge is 0.462 e. The van der Waals surface area contributed by atoms with Gasteiger partial charge in [0.1, 0.15) is 29.8 Å². The number of allylic oxidation sites excluding steroid dienone is 3. The third-order valence-corrected chi connectivity index (χ3v) is 12.4. The van der Waals surface area contributed by atoms with Gasteiger partial charge in [0.25, 0.3) is 0 Å². The molecule has 0 amide bonds. The van der Waals surface area contributed by atoms with Crippen molar-refractivity contribution in [2.75, 3.05) is 13.7 Å². The van der Waals surface area contributed by atoms with Crippen LogP contribution in [0.25, 0.3) is 0 Å². The summed E-state index contributed by atoms with van der Waals surface area (Å²) in [5.41, 5.74) is 0.283. The monoisotopic (exact) mass is 738 g/mol. The third-order valence-electron chi connectivity index (χ3n) is 12.4. The van der Waals surface area contributed by atoms with Crippen LogP contribution in [0.3, 0.4) is 0 Å². The number of carbonyl (C=O) groups is 1. The first-order chi connectivity index (χ1) is 25.2. The van der Waals surface area contributed by atoms with E-state index in [0.717, 1.165) is 12.0 Å². The molecular weight excluding hydrogens is 676 g/mol. The van der Waals surface area contributed by atoms with Gasteiger partial charge in [-0.15, -0.1) is 6.58 Å². The van der Waals surface area contributed by atoms with Crippen molar-refractivity contribution in [3.8, 4) is 0 Å². The second-order valence-electron chi connectivity index (χ2n) is 16.6. The quantitative estimate of drug-likeness (QED) is 0.238. The molecule has 53 heavy (non-hydrogen) atoms. The van der Waals surface area contributed by atoms with Crippen molar-refractivity contribution in [2.45, 2.75) is 147 Å². The third kappa shape index (κ3) is 8.12. The zero-order chi connectivity index (χ0) is 38.2. The average molecular weight is 739 g/mol. The predicted molar refractivity (Wildman–Crippen MR) is 200 cm³/mol. The standard InChI is InChI=1S/C43H62O10/c1-10-12-33-29(8)49-36(21-35(33)47-9)51-39-25(4)13-11-14-30-23-48-40-37(44)28(7)19-34(43(30,40)46)41(45)50-32-20-31(16-15-26(39)5)52-42(22-32)18-17-27(6)38(53-42)24(2)3/h10-11,13-15,17-19,24-25,27,29,31-40,44,46H,1,12,16,20-23H2,2-9H3/b13-11+,26-15+,30-14+/t25-,27-,29-,31+,32-,33-,34-,35-,36-,37+,38+,39-,40+,42+,43+/m0/s1. The summed E-state index contributed by atoms with van der Waals surface area (Å²) in [5.74, 6) is -2.20. The molecule has 2 N–H and O–H groups in total. The van der Waals surface area contributed by atoms with Gasteiger partial charge in [-0.25, -0.2) is 0 Å². The molecule has 5 heterocycles. The van der Waals surface area contributed by atoms with Gasteiger partial charge in [0, 0.05) is 44.1 Å². The topological polar surface area (TPSA) is 122 Å². The van der Waals surface area contributed by atoms with E-state index in [1.165, 1.54) is 0 Å². The van der Waals surface area contributed by atoms with Gasteiger partial charge >= 0.3 is 5.97 Å². The Morgan fingerprint density at radius 3 is 2.57 bits per heavy atom. The van der Waals surface area contributed by atoms with Gasteiger partial charge in [0.15, 0.2) is 12.1 Å². The fourth-order valence-corrected chi connectivity index (χ4v) is 9.37. The summed E-state index contributed by atoms with van der Waals surface area (Å²) in [6.45, 7) is 18.4. The van der Waals surface area contributed by atoms with Crippen LogP contribution < -0.4 is 0 Å². The molecule has 10 heteroatoms. The second-order valence-corrected chi connectivity index (χ2v) is 16.6. The van der Waals surface area contributed by atoms with Crippen molar-refractivity contribution in [1.82, 2.24) is 0 Å². The van der Waals surface area contributed by atoms with Crippen molar-refractivity contribution < 1.29 is 48.2 Å². The van der Waals surface area contributed by atoms with E-state index in [2.05, 4.69) is 60.3 Å². The molecule has 6 aliphatic rings.